The van der Waals surface area contributed by atoms with E-state index >= 15 is 0 Å². The third kappa shape index (κ3) is 4.13. The summed E-state index contributed by atoms with van der Waals surface area (Å²) in [5.74, 6) is 1.34. The Morgan fingerprint density at radius 2 is 1.96 bits per heavy atom. The van der Waals surface area contributed by atoms with Crippen LogP contribution in [0.2, 0.25) is 5.02 Å². The predicted octanol–water partition coefficient (Wildman–Crippen LogP) is 4.48. The van der Waals surface area contributed by atoms with E-state index < -0.39 is 0 Å². The van der Waals surface area contributed by atoms with Gasteiger partial charge in [-0.05, 0) is 36.8 Å². The molecule has 5 nitrogen and oxygen atoms in total. The van der Waals surface area contributed by atoms with Crippen LogP contribution >= 0.6 is 11.6 Å². The van der Waals surface area contributed by atoms with Gasteiger partial charge in [0.15, 0.2) is 0 Å². The lowest BCUT2D eigenvalue weighted by Crippen LogP contribution is -2.08. The number of para-hydroxylation sites is 1. The summed E-state index contributed by atoms with van der Waals surface area (Å²) in [6.45, 7) is 1.50. The summed E-state index contributed by atoms with van der Waals surface area (Å²) in [6, 6.07) is 15.4. The van der Waals surface area contributed by atoms with Crippen LogP contribution in [-0.4, -0.2) is 30.2 Å². The molecule has 2 aromatic carbocycles. The maximum Gasteiger partial charge on any atom is 0.229 e. The maximum atomic E-state index is 6.03. The molecule has 3 aromatic rings. The van der Waals surface area contributed by atoms with Crippen LogP contribution in [0.25, 0.3) is 10.9 Å². The quantitative estimate of drug-likeness (QED) is 0.620. The molecule has 0 aliphatic carbocycles. The predicted molar refractivity (Wildman–Crippen MR) is 99.3 cm³/mol. The monoisotopic (exact) mass is 342 g/mol. The van der Waals surface area contributed by atoms with E-state index in [2.05, 4.69) is 20.6 Å². The number of hydrogen-bond donors (Lipinski definition) is 2. The molecular formula is C18H19ClN4O. The number of nitrogens with zero attached hydrogens (tertiary/aromatic N) is 2. The van der Waals surface area contributed by atoms with Crippen molar-refractivity contribution in [3.8, 4) is 0 Å². The molecule has 24 heavy (non-hydrogen) atoms. The number of anilines is 3. The molecule has 0 fully saturated rings. The molecule has 0 bridgehead atoms. The first-order valence-corrected chi connectivity index (χ1v) is 8.16. The first-order valence-electron chi connectivity index (χ1n) is 7.78. The SMILES string of the molecule is COCCCNc1nc(Nc2cccc(Cl)c2)nc2ccccc12. The average molecular weight is 343 g/mol. The van der Waals surface area contributed by atoms with Gasteiger partial charge in [0.25, 0.3) is 0 Å². The van der Waals surface area contributed by atoms with Crippen LogP contribution in [0.1, 0.15) is 6.42 Å². The van der Waals surface area contributed by atoms with E-state index in [1.165, 1.54) is 0 Å². The third-order valence-corrected chi connectivity index (χ3v) is 3.74. The highest BCUT2D eigenvalue weighted by molar-refractivity contribution is 6.30. The fraction of sp³-hybridized carbons (Fsp3) is 0.222. The molecule has 3 rings (SSSR count). The first-order chi connectivity index (χ1) is 11.8. The Hall–Kier alpha value is -2.37. The van der Waals surface area contributed by atoms with Crippen molar-refractivity contribution in [1.82, 2.24) is 9.97 Å². The molecule has 1 heterocycles. The fourth-order valence-electron chi connectivity index (χ4n) is 2.39. The minimum Gasteiger partial charge on any atom is -0.385 e. The van der Waals surface area contributed by atoms with Crippen molar-refractivity contribution >= 4 is 40.0 Å². The Morgan fingerprint density at radius 1 is 1.08 bits per heavy atom. The second-order valence-electron chi connectivity index (χ2n) is 5.32. The molecule has 0 unspecified atom stereocenters. The van der Waals surface area contributed by atoms with Crippen LogP contribution in [0.5, 0.6) is 0 Å². The van der Waals surface area contributed by atoms with Gasteiger partial charge in [-0.2, -0.15) is 4.98 Å². The Labute approximate surface area is 146 Å². The first kappa shape index (κ1) is 16.5. The normalized spacial score (nSPS) is 10.8. The summed E-state index contributed by atoms with van der Waals surface area (Å²) < 4.78 is 5.08. The molecule has 0 saturated heterocycles. The Balaban J connectivity index is 1.88. The van der Waals surface area contributed by atoms with Gasteiger partial charge < -0.3 is 15.4 Å². The Bertz CT molecular complexity index is 825. The molecule has 0 radical (unpaired) electrons. The highest BCUT2D eigenvalue weighted by Crippen LogP contribution is 2.24. The molecule has 124 valence electrons. The van der Waals surface area contributed by atoms with E-state index in [1.54, 1.807) is 7.11 Å². The minimum atomic E-state index is 0.533. The zero-order valence-electron chi connectivity index (χ0n) is 13.4. The number of hydrogen-bond acceptors (Lipinski definition) is 5. The van der Waals surface area contributed by atoms with Gasteiger partial charge in [0.2, 0.25) is 5.95 Å². The summed E-state index contributed by atoms with van der Waals surface area (Å²) in [7, 11) is 1.70. The van der Waals surface area contributed by atoms with Crippen molar-refractivity contribution < 1.29 is 4.74 Å². The van der Waals surface area contributed by atoms with Crippen molar-refractivity contribution in [2.45, 2.75) is 6.42 Å². The standard InChI is InChI=1S/C18H19ClN4O/c1-24-11-5-10-20-17-15-8-2-3-9-16(15)22-18(23-17)21-14-7-4-6-13(19)12-14/h2-4,6-9,12H,5,10-11H2,1H3,(H2,20,21,22,23). The smallest absolute Gasteiger partial charge is 0.229 e. The second kappa shape index (κ2) is 7.95. The second-order valence-corrected chi connectivity index (χ2v) is 5.76. The van der Waals surface area contributed by atoms with E-state index in [9.17, 15) is 0 Å². The van der Waals surface area contributed by atoms with E-state index in [0.717, 1.165) is 35.4 Å². The van der Waals surface area contributed by atoms with Crippen molar-refractivity contribution in [3.05, 3.63) is 53.6 Å². The molecule has 0 saturated carbocycles. The average Bonchev–Trinajstić information content (AvgIpc) is 2.58. The summed E-state index contributed by atoms with van der Waals surface area (Å²) in [6.07, 6.45) is 0.909. The number of fused-ring (bicyclic) bond motifs is 1. The van der Waals surface area contributed by atoms with Gasteiger partial charge in [-0.3, -0.25) is 0 Å². The lowest BCUT2D eigenvalue weighted by molar-refractivity contribution is 0.198. The molecule has 0 atom stereocenters. The molecule has 0 aliphatic heterocycles. The highest BCUT2D eigenvalue weighted by atomic mass is 35.5. The molecule has 6 heteroatoms. The van der Waals surface area contributed by atoms with E-state index in [1.807, 2.05) is 48.5 Å². The summed E-state index contributed by atoms with van der Waals surface area (Å²) in [5.41, 5.74) is 1.73. The van der Waals surface area contributed by atoms with Crippen LogP contribution in [-0.2, 0) is 4.74 Å². The van der Waals surface area contributed by atoms with Gasteiger partial charge in [-0.25, -0.2) is 4.98 Å². The molecule has 2 N–H and O–H groups in total. The lowest BCUT2D eigenvalue weighted by atomic mass is 10.2. The van der Waals surface area contributed by atoms with Gasteiger partial charge in [0, 0.05) is 36.4 Å². The summed E-state index contributed by atoms with van der Waals surface area (Å²) in [4.78, 5) is 9.18. The van der Waals surface area contributed by atoms with Crippen molar-refractivity contribution in [1.29, 1.82) is 0 Å². The molecule has 0 aliphatic rings. The number of aromatic nitrogens is 2. The van der Waals surface area contributed by atoms with Gasteiger partial charge in [-0.1, -0.05) is 29.8 Å². The van der Waals surface area contributed by atoms with Gasteiger partial charge in [0.1, 0.15) is 5.82 Å². The summed E-state index contributed by atoms with van der Waals surface area (Å²) >= 11 is 6.03. The van der Waals surface area contributed by atoms with Gasteiger partial charge in [0.05, 0.1) is 5.52 Å². The van der Waals surface area contributed by atoms with Gasteiger partial charge in [-0.15, -0.1) is 0 Å². The van der Waals surface area contributed by atoms with Crippen molar-refractivity contribution in [2.75, 3.05) is 30.9 Å². The maximum absolute atomic E-state index is 6.03. The zero-order chi connectivity index (χ0) is 16.8. The fourth-order valence-corrected chi connectivity index (χ4v) is 2.58. The number of rotatable bonds is 7. The highest BCUT2D eigenvalue weighted by Gasteiger charge is 2.07. The Morgan fingerprint density at radius 3 is 2.79 bits per heavy atom. The van der Waals surface area contributed by atoms with Crippen LogP contribution in [0, 0.1) is 0 Å². The molecule has 1 aromatic heterocycles. The minimum absolute atomic E-state index is 0.533. The van der Waals surface area contributed by atoms with E-state index in [-0.39, 0.29) is 0 Å². The van der Waals surface area contributed by atoms with Crippen molar-refractivity contribution in [2.24, 2.45) is 0 Å². The summed E-state index contributed by atoms with van der Waals surface area (Å²) in [5, 5.41) is 8.23. The van der Waals surface area contributed by atoms with Crippen LogP contribution in [0.3, 0.4) is 0 Å². The number of nitrogens with one attached hydrogen (secondary N) is 2. The van der Waals surface area contributed by atoms with Gasteiger partial charge >= 0.3 is 0 Å². The number of halogens is 1. The largest absolute Gasteiger partial charge is 0.385 e. The number of methoxy groups -OCH3 is 1. The lowest BCUT2D eigenvalue weighted by Gasteiger charge is -2.12. The third-order valence-electron chi connectivity index (χ3n) is 3.50. The van der Waals surface area contributed by atoms with Crippen LogP contribution in [0.15, 0.2) is 48.5 Å². The Kier molecular flexibility index (Phi) is 5.46. The zero-order valence-corrected chi connectivity index (χ0v) is 14.2. The topological polar surface area (TPSA) is 59.1 Å². The number of ether oxygens (including phenoxy) is 1. The molecule has 0 amide bonds. The van der Waals surface area contributed by atoms with Crippen molar-refractivity contribution in [3.63, 3.8) is 0 Å². The molecule has 0 spiro atoms. The van der Waals surface area contributed by atoms with E-state index in [0.29, 0.717) is 17.6 Å². The molecular weight excluding hydrogens is 324 g/mol. The van der Waals surface area contributed by atoms with Crippen LogP contribution in [0.4, 0.5) is 17.5 Å². The number of benzene rings is 2. The van der Waals surface area contributed by atoms with E-state index in [4.69, 9.17) is 16.3 Å². The van der Waals surface area contributed by atoms with Crippen LogP contribution < -0.4 is 10.6 Å².